The van der Waals surface area contributed by atoms with Crippen LogP contribution in [0.15, 0.2) is 59.8 Å². The standard InChI is InChI=1S/C24H21FN6OS/c1-15-13-16(2)27-24(26-15)33-14-21-22(28-29-31(21)19-9-7-18(25)8-10-19)23(32)30-12-11-17-5-3-4-6-20(17)30/h3-10,13H,11-12,14H2,1-2H3. The third-order valence-electron chi connectivity index (χ3n) is 5.47. The number of rotatable bonds is 5. The van der Waals surface area contributed by atoms with Gasteiger partial charge in [0.25, 0.3) is 5.91 Å². The molecule has 166 valence electrons. The number of aromatic nitrogens is 5. The van der Waals surface area contributed by atoms with Crippen molar-refractivity contribution < 1.29 is 9.18 Å². The van der Waals surface area contributed by atoms with Crippen molar-refractivity contribution in [1.29, 1.82) is 0 Å². The molecule has 0 spiro atoms. The van der Waals surface area contributed by atoms with Gasteiger partial charge in [0.05, 0.1) is 11.4 Å². The molecule has 33 heavy (non-hydrogen) atoms. The van der Waals surface area contributed by atoms with Crippen molar-refractivity contribution in [3.05, 3.63) is 88.8 Å². The molecule has 0 fully saturated rings. The Hall–Kier alpha value is -3.59. The van der Waals surface area contributed by atoms with Crippen LogP contribution < -0.4 is 4.90 Å². The summed E-state index contributed by atoms with van der Waals surface area (Å²) in [5.74, 6) is -0.169. The summed E-state index contributed by atoms with van der Waals surface area (Å²) in [6.07, 6.45) is 0.800. The molecule has 3 heterocycles. The van der Waals surface area contributed by atoms with Crippen molar-refractivity contribution in [3.8, 4) is 5.69 Å². The molecule has 0 aliphatic carbocycles. The highest BCUT2D eigenvalue weighted by Crippen LogP contribution is 2.30. The average Bonchev–Trinajstić information content (AvgIpc) is 3.42. The first-order valence-electron chi connectivity index (χ1n) is 10.5. The van der Waals surface area contributed by atoms with Crippen molar-refractivity contribution in [2.24, 2.45) is 0 Å². The van der Waals surface area contributed by atoms with Gasteiger partial charge in [0.1, 0.15) is 5.82 Å². The van der Waals surface area contributed by atoms with E-state index in [4.69, 9.17) is 0 Å². The summed E-state index contributed by atoms with van der Waals surface area (Å²) < 4.78 is 15.1. The molecule has 2 aromatic carbocycles. The number of thioether (sulfide) groups is 1. The number of amides is 1. The van der Waals surface area contributed by atoms with E-state index in [1.807, 2.05) is 44.2 Å². The van der Waals surface area contributed by atoms with Gasteiger partial charge < -0.3 is 4.90 Å². The molecule has 0 bridgehead atoms. The normalized spacial score (nSPS) is 12.8. The number of halogens is 1. The molecule has 7 nitrogen and oxygen atoms in total. The van der Waals surface area contributed by atoms with Gasteiger partial charge in [-0.1, -0.05) is 35.2 Å². The number of para-hydroxylation sites is 1. The molecule has 2 aromatic heterocycles. The van der Waals surface area contributed by atoms with Gasteiger partial charge in [-0.15, -0.1) is 5.10 Å². The monoisotopic (exact) mass is 460 g/mol. The van der Waals surface area contributed by atoms with Gasteiger partial charge in [0.15, 0.2) is 10.9 Å². The van der Waals surface area contributed by atoms with Crippen LogP contribution in [0.3, 0.4) is 0 Å². The Morgan fingerprint density at radius 2 is 1.79 bits per heavy atom. The summed E-state index contributed by atoms with van der Waals surface area (Å²) >= 11 is 1.41. The van der Waals surface area contributed by atoms with E-state index in [1.54, 1.807) is 21.7 Å². The van der Waals surface area contributed by atoms with Gasteiger partial charge in [0.2, 0.25) is 0 Å². The zero-order valence-electron chi connectivity index (χ0n) is 18.2. The topological polar surface area (TPSA) is 76.8 Å². The predicted molar refractivity (Wildman–Crippen MR) is 124 cm³/mol. The van der Waals surface area contributed by atoms with E-state index in [2.05, 4.69) is 20.3 Å². The number of benzene rings is 2. The third kappa shape index (κ3) is 4.23. The molecule has 1 aliphatic rings. The largest absolute Gasteiger partial charge is 0.306 e. The Balaban J connectivity index is 1.52. The Morgan fingerprint density at radius 3 is 2.55 bits per heavy atom. The molecule has 1 amide bonds. The number of anilines is 1. The van der Waals surface area contributed by atoms with Crippen LogP contribution in [-0.2, 0) is 12.2 Å². The fourth-order valence-electron chi connectivity index (χ4n) is 3.96. The van der Waals surface area contributed by atoms with Crippen molar-refractivity contribution >= 4 is 23.4 Å². The molecule has 0 N–H and O–H groups in total. The van der Waals surface area contributed by atoms with Crippen molar-refractivity contribution in [1.82, 2.24) is 25.0 Å². The van der Waals surface area contributed by atoms with Gasteiger partial charge in [-0.05, 0) is 62.2 Å². The van der Waals surface area contributed by atoms with E-state index in [0.29, 0.717) is 28.8 Å². The Kier molecular flexibility index (Phi) is 5.63. The van der Waals surface area contributed by atoms with Crippen LogP contribution in [-0.4, -0.2) is 37.4 Å². The van der Waals surface area contributed by atoms with Gasteiger partial charge in [-0.3, -0.25) is 4.79 Å². The highest BCUT2D eigenvalue weighted by atomic mass is 32.2. The maximum Gasteiger partial charge on any atom is 0.280 e. The van der Waals surface area contributed by atoms with Crippen LogP contribution >= 0.6 is 11.8 Å². The lowest BCUT2D eigenvalue weighted by molar-refractivity contribution is 0.0984. The first-order chi connectivity index (χ1) is 16.0. The first kappa shape index (κ1) is 21.3. The van der Waals surface area contributed by atoms with Crippen LogP contribution in [0.25, 0.3) is 5.69 Å². The molecule has 1 aliphatic heterocycles. The van der Waals surface area contributed by atoms with Crippen LogP contribution in [0.2, 0.25) is 0 Å². The van der Waals surface area contributed by atoms with Gasteiger partial charge in [0, 0.05) is 29.4 Å². The molecule has 9 heteroatoms. The molecule has 0 atom stereocenters. The quantitative estimate of drug-likeness (QED) is 0.326. The Labute approximate surface area is 194 Å². The van der Waals surface area contributed by atoms with E-state index >= 15 is 0 Å². The molecule has 0 saturated heterocycles. The van der Waals surface area contributed by atoms with Crippen LogP contribution in [0.1, 0.15) is 33.1 Å². The fourth-order valence-corrected chi connectivity index (χ4v) is 4.90. The first-order valence-corrected chi connectivity index (χ1v) is 11.5. The second-order valence-corrected chi connectivity index (χ2v) is 8.77. The number of aryl methyl sites for hydroxylation is 2. The average molecular weight is 461 g/mol. The zero-order valence-corrected chi connectivity index (χ0v) is 19.0. The van der Waals surface area contributed by atoms with Gasteiger partial charge >= 0.3 is 0 Å². The van der Waals surface area contributed by atoms with E-state index in [-0.39, 0.29) is 17.4 Å². The van der Waals surface area contributed by atoms with Crippen LogP contribution in [0, 0.1) is 19.7 Å². The number of hydrogen-bond donors (Lipinski definition) is 0. The molecule has 0 radical (unpaired) electrons. The van der Waals surface area contributed by atoms with Crippen molar-refractivity contribution in [2.45, 2.75) is 31.2 Å². The second-order valence-electron chi connectivity index (χ2n) is 7.83. The molecule has 0 unspecified atom stereocenters. The number of fused-ring (bicyclic) bond motifs is 1. The predicted octanol–water partition coefficient (Wildman–Crippen LogP) is 4.31. The summed E-state index contributed by atoms with van der Waals surface area (Å²) in [4.78, 5) is 24.3. The van der Waals surface area contributed by atoms with E-state index in [1.165, 1.54) is 23.9 Å². The Morgan fingerprint density at radius 1 is 1.06 bits per heavy atom. The summed E-state index contributed by atoms with van der Waals surface area (Å²) in [5, 5.41) is 9.12. The minimum atomic E-state index is -0.344. The van der Waals surface area contributed by atoms with Crippen molar-refractivity contribution in [3.63, 3.8) is 0 Å². The van der Waals surface area contributed by atoms with Crippen LogP contribution in [0.5, 0.6) is 0 Å². The SMILES string of the molecule is Cc1cc(C)nc(SCc2c(C(=O)N3CCc4ccccc43)nnn2-c2ccc(F)cc2)n1. The lowest BCUT2D eigenvalue weighted by Gasteiger charge is -2.17. The highest BCUT2D eigenvalue weighted by molar-refractivity contribution is 7.98. The maximum atomic E-state index is 13.6. The number of carbonyl (C=O) groups is 1. The zero-order chi connectivity index (χ0) is 22.9. The summed E-state index contributed by atoms with van der Waals surface area (Å²) in [5.41, 5.74) is 5.30. The number of nitrogens with zero attached hydrogens (tertiary/aromatic N) is 6. The number of carbonyl (C=O) groups excluding carboxylic acids is 1. The maximum absolute atomic E-state index is 13.6. The summed E-state index contributed by atoms with van der Waals surface area (Å²) in [6, 6.07) is 15.7. The smallest absolute Gasteiger partial charge is 0.280 e. The Bertz CT molecular complexity index is 1320. The van der Waals surface area contributed by atoms with Gasteiger partial charge in [-0.2, -0.15) is 0 Å². The van der Waals surface area contributed by atoms with Crippen molar-refractivity contribution in [2.75, 3.05) is 11.4 Å². The molecule has 4 aromatic rings. The molecule has 5 rings (SSSR count). The molecule has 0 saturated carbocycles. The summed E-state index contributed by atoms with van der Waals surface area (Å²) in [7, 11) is 0. The highest BCUT2D eigenvalue weighted by Gasteiger charge is 2.30. The van der Waals surface area contributed by atoms with Crippen LogP contribution in [0.4, 0.5) is 10.1 Å². The number of hydrogen-bond acceptors (Lipinski definition) is 6. The molecular weight excluding hydrogens is 439 g/mol. The van der Waals surface area contributed by atoms with E-state index in [0.717, 1.165) is 29.1 Å². The minimum Gasteiger partial charge on any atom is -0.306 e. The minimum absolute atomic E-state index is 0.203. The van der Waals surface area contributed by atoms with E-state index in [9.17, 15) is 9.18 Å². The fraction of sp³-hybridized carbons (Fsp3) is 0.208. The lowest BCUT2D eigenvalue weighted by Crippen LogP contribution is -2.30. The molecular formula is C24H21FN6OS. The van der Waals surface area contributed by atoms with Gasteiger partial charge in [-0.25, -0.2) is 19.0 Å². The second kappa shape index (κ2) is 8.74. The summed E-state index contributed by atoms with van der Waals surface area (Å²) in [6.45, 7) is 4.43. The third-order valence-corrected chi connectivity index (χ3v) is 6.33. The lowest BCUT2D eigenvalue weighted by atomic mass is 10.2. The van der Waals surface area contributed by atoms with E-state index < -0.39 is 0 Å².